The second-order valence-corrected chi connectivity index (χ2v) is 6.51. The van der Waals surface area contributed by atoms with Gasteiger partial charge in [0.25, 0.3) is 0 Å². The molecule has 0 spiro atoms. The maximum Gasteiger partial charge on any atom is 0.449 e. The molecule has 0 aliphatic carbocycles. The molecule has 25 heavy (non-hydrogen) atoms. The maximum atomic E-state index is 12.7. The molecular formula is C16H19F3N2O4. The number of ether oxygens (including phenoxy) is 1. The first-order chi connectivity index (χ1) is 11.4. The van der Waals surface area contributed by atoms with Gasteiger partial charge in [-0.1, -0.05) is 24.3 Å². The molecule has 0 fully saturated rings. The van der Waals surface area contributed by atoms with Crippen molar-refractivity contribution in [2.24, 2.45) is 0 Å². The predicted octanol–water partition coefficient (Wildman–Crippen LogP) is 2.84. The lowest BCUT2D eigenvalue weighted by atomic mass is 10.1. The van der Waals surface area contributed by atoms with Crippen LogP contribution in [0.3, 0.4) is 0 Å². The molecular weight excluding hydrogens is 341 g/mol. The summed E-state index contributed by atoms with van der Waals surface area (Å²) in [7, 11) is 0. The number of nitrogens with one attached hydrogen (secondary N) is 2. The van der Waals surface area contributed by atoms with Crippen molar-refractivity contribution >= 4 is 11.8 Å². The Labute approximate surface area is 142 Å². The Morgan fingerprint density at radius 1 is 1.28 bits per heavy atom. The van der Waals surface area contributed by atoms with Crippen molar-refractivity contribution in [2.45, 2.75) is 44.9 Å². The average molecular weight is 360 g/mol. The third-order valence-electron chi connectivity index (χ3n) is 3.16. The van der Waals surface area contributed by atoms with Crippen LogP contribution in [0.4, 0.5) is 18.0 Å². The molecule has 6 nitrogen and oxygen atoms in total. The first kappa shape index (κ1) is 19.1. The Hall–Kier alpha value is -2.26. The quantitative estimate of drug-likeness (QED) is 0.772. The number of hydrogen-bond acceptors (Lipinski definition) is 5. The van der Waals surface area contributed by atoms with E-state index >= 15 is 0 Å². The molecule has 1 aromatic carbocycles. The minimum Gasteiger partial charge on any atom is -0.444 e. The van der Waals surface area contributed by atoms with Gasteiger partial charge in [0.1, 0.15) is 5.60 Å². The van der Waals surface area contributed by atoms with Crippen LogP contribution in [0, 0.1) is 0 Å². The van der Waals surface area contributed by atoms with Gasteiger partial charge in [0, 0.05) is 12.6 Å². The molecule has 9 heteroatoms. The SMILES string of the molecule is CC(C)(C)OC(=O)NCc1ccc(C2=CC(O)(C(F)(F)F)ON2)cc1. The lowest BCUT2D eigenvalue weighted by Crippen LogP contribution is -2.45. The standard InChI is InChI=1S/C16H19F3N2O4/c1-14(2,3)24-13(22)20-9-10-4-6-11(7-5-10)12-8-15(23,25-21-12)16(17,18)19/h4-8,21,23H,9H2,1-3H3,(H,20,22). The summed E-state index contributed by atoms with van der Waals surface area (Å²) in [6.45, 7) is 5.43. The maximum absolute atomic E-state index is 12.7. The number of carbonyl (C=O) groups excluding carboxylic acids is 1. The van der Waals surface area contributed by atoms with E-state index in [1.165, 1.54) is 12.1 Å². The number of amides is 1. The van der Waals surface area contributed by atoms with E-state index in [1.807, 2.05) is 0 Å². The van der Waals surface area contributed by atoms with Crippen LogP contribution in [-0.2, 0) is 16.1 Å². The molecule has 3 N–H and O–H groups in total. The third kappa shape index (κ3) is 4.86. The van der Waals surface area contributed by atoms with Crippen LogP contribution >= 0.6 is 0 Å². The first-order valence-corrected chi connectivity index (χ1v) is 7.42. The summed E-state index contributed by atoms with van der Waals surface area (Å²) < 4.78 is 43.1. The van der Waals surface area contributed by atoms with Gasteiger partial charge in [-0.25, -0.2) is 9.63 Å². The summed E-state index contributed by atoms with van der Waals surface area (Å²) in [5.74, 6) is -3.36. The Morgan fingerprint density at radius 2 is 1.88 bits per heavy atom. The van der Waals surface area contributed by atoms with Gasteiger partial charge >= 0.3 is 18.1 Å². The van der Waals surface area contributed by atoms with E-state index in [0.717, 1.165) is 5.56 Å². The number of aliphatic hydroxyl groups is 1. The van der Waals surface area contributed by atoms with Gasteiger partial charge in [-0.05, 0) is 31.9 Å². The molecule has 138 valence electrons. The van der Waals surface area contributed by atoms with E-state index in [4.69, 9.17) is 4.74 Å². The van der Waals surface area contributed by atoms with Crippen molar-refractivity contribution in [1.82, 2.24) is 10.8 Å². The summed E-state index contributed by atoms with van der Waals surface area (Å²) in [5, 5.41) is 12.0. The van der Waals surface area contributed by atoms with Gasteiger partial charge in [0.15, 0.2) is 0 Å². The van der Waals surface area contributed by atoms with Crippen molar-refractivity contribution in [1.29, 1.82) is 0 Å². The Morgan fingerprint density at radius 3 is 2.36 bits per heavy atom. The fourth-order valence-electron chi connectivity index (χ4n) is 1.96. The number of alkyl halides is 3. The van der Waals surface area contributed by atoms with Crippen molar-refractivity contribution in [2.75, 3.05) is 0 Å². The minimum atomic E-state index is -4.96. The molecule has 0 radical (unpaired) electrons. The fraction of sp³-hybridized carbons (Fsp3) is 0.438. The molecule has 1 aliphatic heterocycles. The molecule has 0 aromatic heterocycles. The summed E-state index contributed by atoms with van der Waals surface area (Å²) >= 11 is 0. The molecule has 1 aliphatic rings. The first-order valence-electron chi connectivity index (χ1n) is 7.42. The highest BCUT2D eigenvalue weighted by atomic mass is 19.4. The Balaban J connectivity index is 1.99. The normalized spacial score (nSPS) is 20.7. The number of hydrogen-bond donors (Lipinski definition) is 3. The van der Waals surface area contributed by atoms with Crippen LogP contribution in [0.1, 0.15) is 31.9 Å². The van der Waals surface area contributed by atoms with Crippen LogP contribution in [-0.4, -0.2) is 28.8 Å². The summed E-state index contributed by atoms with van der Waals surface area (Å²) in [6.07, 6.45) is -4.97. The van der Waals surface area contributed by atoms with Crippen molar-refractivity contribution in [3.05, 3.63) is 41.5 Å². The van der Waals surface area contributed by atoms with E-state index in [0.29, 0.717) is 11.6 Å². The van der Waals surface area contributed by atoms with Crippen LogP contribution in [0.25, 0.3) is 5.70 Å². The summed E-state index contributed by atoms with van der Waals surface area (Å²) in [5.41, 5.74) is 2.56. The lowest BCUT2D eigenvalue weighted by molar-refractivity contribution is -0.345. The molecule has 1 heterocycles. The van der Waals surface area contributed by atoms with Gasteiger partial charge in [-0.15, -0.1) is 0 Å². The molecule has 0 saturated carbocycles. The van der Waals surface area contributed by atoms with Crippen LogP contribution in [0.5, 0.6) is 0 Å². The fourth-order valence-corrected chi connectivity index (χ4v) is 1.96. The molecule has 0 bridgehead atoms. The molecule has 0 saturated heterocycles. The molecule has 1 amide bonds. The molecule has 1 aromatic rings. The van der Waals surface area contributed by atoms with E-state index < -0.39 is 23.7 Å². The van der Waals surface area contributed by atoms with Gasteiger partial charge in [-0.3, -0.25) is 5.48 Å². The van der Waals surface area contributed by atoms with Gasteiger partial charge in [0.05, 0.1) is 5.70 Å². The lowest BCUT2D eigenvalue weighted by Gasteiger charge is -2.21. The van der Waals surface area contributed by atoms with E-state index in [-0.39, 0.29) is 12.2 Å². The monoisotopic (exact) mass is 360 g/mol. The molecule has 2 rings (SSSR count). The third-order valence-corrected chi connectivity index (χ3v) is 3.16. The van der Waals surface area contributed by atoms with Crippen LogP contribution in [0.15, 0.2) is 30.3 Å². The highest BCUT2D eigenvalue weighted by Crippen LogP contribution is 2.37. The average Bonchev–Trinajstić information content (AvgIpc) is 2.87. The van der Waals surface area contributed by atoms with Gasteiger partial charge < -0.3 is 15.2 Å². The number of hydroxylamine groups is 1. The number of benzene rings is 1. The van der Waals surface area contributed by atoms with E-state index in [1.54, 1.807) is 32.9 Å². The van der Waals surface area contributed by atoms with Gasteiger partial charge in [-0.2, -0.15) is 13.2 Å². The smallest absolute Gasteiger partial charge is 0.444 e. The van der Waals surface area contributed by atoms with Gasteiger partial charge in [0.2, 0.25) is 0 Å². The summed E-state index contributed by atoms with van der Waals surface area (Å²) in [4.78, 5) is 15.8. The van der Waals surface area contributed by atoms with Crippen LogP contribution in [0.2, 0.25) is 0 Å². The Bertz CT molecular complexity index is 665. The van der Waals surface area contributed by atoms with Crippen molar-refractivity contribution < 1.29 is 32.6 Å². The van der Waals surface area contributed by atoms with E-state index in [2.05, 4.69) is 15.6 Å². The number of rotatable bonds is 3. The zero-order valence-electron chi connectivity index (χ0n) is 13.9. The summed E-state index contributed by atoms with van der Waals surface area (Å²) in [6, 6.07) is 6.33. The zero-order valence-corrected chi connectivity index (χ0v) is 13.9. The molecule has 1 atom stereocenters. The highest BCUT2D eigenvalue weighted by molar-refractivity contribution is 5.68. The highest BCUT2D eigenvalue weighted by Gasteiger charge is 2.57. The zero-order chi connectivity index (χ0) is 18.9. The largest absolute Gasteiger partial charge is 0.449 e. The Kier molecular flexibility index (Phi) is 5.01. The molecule has 1 unspecified atom stereocenters. The second kappa shape index (κ2) is 6.57. The predicted molar refractivity (Wildman–Crippen MR) is 82.7 cm³/mol. The number of carbonyl (C=O) groups is 1. The number of halogens is 3. The second-order valence-electron chi connectivity index (χ2n) is 6.51. The van der Waals surface area contributed by atoms with Crippen molar-refractivity contribution in [3.8, 4) is 0 Å². The van der Waals surface area contributed by atoms with E-state index in [9.17, 15) is 23.1 Å². The minimum absolute atomic E-state index is 0.00789. The topological polar surface area (TPSA) is 79.8 Å². The number of alkyl carbamates (subject to hydrolysis) is 1. The van der Waals surface area contributed by atoms with Crippen molar-refractivity contribution in [3.63, 3.8) is 0 Å². The van der Waals surface area contributed by atoms with Crippen LogP contribution < -0.4 is 10.8 Å².